The molecule has 5 nitrogen and oxygen atoms in total. The van der Waals surface area contributed by atoms with Gasteiger partial charge in [-0.05, 0) is 12.0 Å². The molecule has 1 aliphatic carbocycles. The van der Waals surface area contributed by atoms with E-state index in [1.165, 1.54) is 4.90 Å². The highest BCUT2D eigenvalue weighted by Gasteiger charge is 2.43. The number of carbonyl (C=O) groups excluding carboxylic acids is 2. The van der Waals surface area contributed by atoms with Gasteiger partial charge in [0, 0.05) is 13.0 Å². The molecule has 2 aliphatic rings. The molecule has 0 aromatic heterocycles. The van der Waals surface area contributed by atoms with Crippen LogP contribution < -0.4 is 0 Å². The van der Waals surface area contributed by atoms with E-state index >= 15 is 0 Å². The lowest BCUT2D eigenvalue weighted by Crippen LogP contribution is -2.34. The van der Waals surface area contributed by atoms with E-state index in [0.717, 1.165) is 12.0 Å². The lowest BCUT2D eigenvalue weighted by Gasteiger charge is -2.17. The van der Waals surface area contributed by atoms with E-state index in [4.69, 9.17) is 4.74 Å². The number of carbonyl (C=O) groups is 2. The maximum atomic E-state index is 12.1. The molecule has 0 N–H and O–H groups in total. The Hall–Kier alpha value is -2.25. The fourth-order valence-electron chi connectivity index (χ4n) is 2.16. The molecule has 0 radical (unpaired) electrons. The smallest absolute Gasteiger partial charge is 0.454 e. The molecule has 8 heteroatoms. The van der Waals surface area contributed by atoms with Crippen LogP contribution in [0.2, 0.25) is 0 Å². The summed E-state index contributed by atoms with van der Waals surface area (Å²) >= 11 is 0. The maximum absolute atomic E-state index is 12.1. The van der Waals surface area contributed by atoms with Crippen molar-refractivity contribution in [1.29, 1.82) is 0 Å². The minimum Gasteiger partial charge on any atom is -0.454 e. The molecule has 1 aliphatic heterocycles. The zero-order valence-electron chi connectivity index (χ0n) is 12.2. The summed E-state index contributed by atoms with van der Waals surface area (Å²) in [5.41, 5.74) is 0.811. The van der Waals surface area contributed by atoms with Crippen LogP contribution >= 0.6 is 0 Å². The molecule has 2 rings (SSSR count). The second kappa shape index (κ2) is 7.34. The Morgan fingerprint density at radius 1 is 1.30 bits per heavy atom. The number of hydrogen-bond acceptors (Lipinski definition) is 4. The van der Waals surface area contributed by atoms with E-state index in [0.29, 0.717) is 0 Å². The molecule has 0 aromatic carbocycles. The summed E-state index contributed by atoms with van der Waals surface area (Å²) in [6.45, 7) is 0.155. The fourth-order valence-corrected chi connectivity index (χ4v) is 2.16. The molecule has 1 fully saturated rings. The zero-order valence-corrected chi connectivity index (χ0v) is 12.2. The molecule has 1 heterocycles. The fraction of sp³-hybridized carbons (Fsp3) is 0.467. The number of amides is 1. The molecule has 1 amide bonds. The van der Waals surface area contributed by atoms with Crippen LogP contribution in [-0.4, -0.2) is 48.9 Å². The van der Waals surface area contributed by atoms with Gasteiger partial charge < -0.3 is 14.4 Å². The van der Waals surface area contributed by atoms with Gasteiger partial charge in [0.05, 0.1) is 6.54 Å². The van der Waals surface area contributed by atoms with Crippen molar-refractivity contribution in [2.75, 3.05) is 19.7 Å². The molecule has 1 saturated heterocycles. The van der Waals surface area contributed by atoms with Crippen molar-refractivity contribution < 1.29 is 32.2 Å². The Morgan fingerprint density at radius 2 is 2.09 bits per heavy atom. The molecule has 23 heavy (non-hydrogen) atoms. The average molecular weight is 331 g/mol. The Bertz CT molecular complexity index is 551. The van der Waals surface area contributed by atoms with Gasteiger partial charge >= 0.3 is 18.2 Å². The predicted molar refractivity (Wildman–Crippen MR) is 74.5 cm³/mol. The van der Waals surface area contributed by atoms with Crippen LogP contribution in [0.3, 0.4) is 0 Å². The van der Waals surface area contributed by atoms with Crippen LogP contribution in [0.25, 0.3) is 0 Å². The number of hydrogen-bond donors (Lipinski definition) is 0. The minimum atomic E-state index is -5.03. The number of allylic oxidation sites excluding steroid dienone is 4. The molecular weight excluding hydrogens is 315 g/mol. The molecule has 0 unspecified atom stereocenters. The lowest BCUT2D eigenvalue weighted by molar-refractivity contribution is -0.204. The van der Waals surface area contributed by atoms with Crippen LogP contribution in [0, 0.1) is 0 Å². The van der Waals surface area contributed by atoms with Crippen molar-refractivity contribution in [2.24, 2.45) is 0 Å². The topological polar surface area (TPSA) is 55.8 Å². The summed E-state index contributed by atoms with van der Waals surface area (Å²) in [7, 11) is 0. The van der Waals surface area contributed by atoms with Gasteiger partial charge in [-0.3, -0.25) is 0 Å². The van der Waals surface area contributed by atoms with Crippen molar-refractivity contribution in [1.82, 2.24) is 4.90 Å². The van der Waals surface area contributed by atoms with E-state index in [2.05, 4.69) is 4.74 Å². The van der Waals surface area contributed by atoms with Crippen LogP contribution in [0.4, 0.5) is 18.0 Å². The van der Waals surface area contributed by atoms with Crippen LogP contribution in [0.5, 0.6) is 0 Å². The van der Waals surface area contributed by atoms with Crippen molar-refractivity contribution in [3.05, 3.63) is 36.0 Å². The van der Waals surface area contributed by atoms with Crippen LogP contribution in [-0.2, 0) is 14.3 Å². The van der Waals surface area contributed by atoms with Crippen molar-refractivity contribution >= 4 is 12.1 Å². The SMILES string of the molecule is O=C(OCC1=CC=CCC=C1)N1CC[C@H](OC(=O)C(F)(F)F)C1. The van der Waals surface area contributed by atoms with Crippen molar-refractivity contribution in [3.63, 3.8) is 0 Å². The first-order valence-electron chi connectivity index (χ1n) is 7.08. The normalized spacial score (nSPS) is 20.9. The molecule has 126 valence electrons. The Kier molecular flexibility index (Phi) is 5.46. The largest absolute Gasteiger partial charge is 0.490 e. The minimum absolute atomic E-state index is 0.0726. The highest BCUT2D eigenvalue weighted by atomic mass is 19.4. The van der Waals surface area contributed by atoms with E-state index in [1.54, 1.807) is 0 Å². The zero-order chi connectivity index (χ0) is 16.9. The highest BCUT2D eigenvalue weighted by Crippen LogP contribution is 2.21. The van der Waals surface area contributed by atoms with E-state index < -0.39 is 24.3 Å². The Balaban J connectivity index is 1.77. The lowest BCUT2D eigenvalue weighted by atomic mass is 10.2. The first kappa shape index (κ1) is 17.1. The second-order valence-electron chi connectivity index (χ2n) is 5.12. The number of halogens is 3. The Morgan fingerprint density at radius 3 is 2.83 bits per heavy atom. The Labute approximate surface area is 131 Å². The van der Waals surface area contributed by atoms with Gasteiger partial charge in [-0.2, -0.15) is 13.2 Å². The number of alkyl halides is 3. The highest BCUT2D eigenvalue weighted by molar-refractivity contribution is 5.76. The standard InChI is InChI=1S/C15H16F3NO4/c16-15(17,18)13(20)23-12-7-8-19(9-12)14(21)22-10-11-5-3-1-2-4-6-11/h1,3-6,12H,2,7-10H2/t12-/m0/s1. The third-order valence-electron chi connectivity index (χ3n) is 3.32. The van der Waals surface area contributed by atoms with E-state index in [-0.39, 0.29) is 26.1 Å². The van der Waals surface area contributed by atoms with Gasteiger partial charge in [0.25, 0.3) is 0 Å². The monoisotopic (exact) mass is 331 g/mol. The van der Waals surface area contributed by atoms with Crippen molar-refractivity contribution in [2.45, 2.75) is 25.1 Å². The molecule has 0 bridgehead atoms. The maximum Gasteiger partial charge on any atom is 0.490 e. The summed E-state index contributed by atoms with van der Waals surface area (Å²) in [5, 5.41) is 0. The average Bonchev–Trinajstić information content (AvgIpc) is 2.79. The number of likely N-dealkylation sites (tertiary alicyclic amines) is 1. The number of nitrogens with zero attached hydrogens (tertiary/aromatic N) is 1. The first-order valence-corrected chi connectivity index (χ1v) is 7.08. The molecule has 0 aromatic rings. The van der Waals surface area contributed by atoms with Gasteiger partial charge in [-0.1, -0.05) is 30.4 Å². The van der Waals surface area contributed by atoms with Gasteiger partial charge in [0.15, 0.2) is 0 Å². The van der Waals surface area contributed by atoms with Crippen LogP contribution in [0.1, 0.15) is 12.8 Å². The van der Waals surface area contributed by atoms with Gasteiger partial charge in [-0.15, -0.1) is 0 Å². The van der Waals surface area contributed by atoms with E-state index in [1.807, 2.05) is 30.4 Å². The molecular formula is C15H16F3NO4. The molecule has 1 atom stereocenters. The van der Waals surface area contributed by atoms with Gasteiger partial charge in [0.1, 0.15) is 12.7 Å². The summed E-state index contributed by atoms with van der Waals surface area (Å²) in [6.07, 6.45) is 3.70. The number of ether oxygens (including phenoxy) is 2. The summed E-state index contributed by atoms with van der Waals surface area (Å²) < 4.78 is 45.8. The summed E-state index contributed by atoms with van der Waals surface area (Å²) in [4.78, 5) is 23.9. The number of rotatable bonds is 3. The first-order chi connectivity index (χ1) is 10.9. The van der Waals surface area contributed by atoms with Crippen molar-refractivity contribution in [3.8, 4) is 0 Å². The third-order valence-corrected chi connectivity index (χ3v) is 3.32. The number of esters is 1. The van der Waals surface area contributed by atoms with Gasteiger partial charge in [-0.25, -0.2) is 9.59 Å². The third kappa shape index (κ3) is 5.15. The van der Waals surface area contributed by atoms with E-state index in [9.17, 15) is 22.8 Å². The molecule has 0 saturated carbocycles. The summed E-state index contributed by atoms with van der Waals surface area (Å²) in [6, 6.07) is 0. The quantitative estimate of drug-likeness (QED) is 0.746. The molecule has 0 spiro atoms. The summed E-state index contributed by atoms with van der Waals surface area (Å²) in [5.74, 6) is -2.24. The van der Waals surface area contributed by atoms with Gasteiger partial charge in [0.2, 0.25) is 0 Å². The predicted octanol–water partition coefficient (Wildman–Crippen LogP) is 2.75. The van der Waals surface area contributed by atoms with Crippen LogP contribution in [0.15, 0.2) is 36.0 Å². The second-order valence-corrected chi connectivity index (χ2v) is 5.12.